The monoisotopic (exact) mass is 272 g/mol. The van der Waals surface area contributed by atoms with Crippen LogP contribution in [-0.2, 0) is 11.8 Å². The summed E-state index contributed by atoms with van der Waals surface area (Å²) in [5, 5.41) is 14.7. The zero-order chi connectivity index (χ0) is 14.3. The molecule has 104 valence electrons. The highest BCUT2D eigenvalue weighted by Crippen LogP contribution is 2.27. The molecule has 0 fully saturated rings. The van der Waals surface area contributed by atoms with Crippen LogP contribution < -0.4 is 5.01 Å². The molecule has 1 aliphatic rings. The summed E-state index contributed by atoms with van der Waals surface area (Å²) in [5.41, 5.74) is 2.50. The number of rotatable bonds is 3. The topological polar surface area (TPSA) is 70.7 Å². The highest BCUT2D eigenvalue weighted by Gasteiger charge is 2.36. The molecule has 1 N–H and O–H groups in total. The molecule has 1 aliphatic heterocycles. The third kappa shape index (κ3) is 1.80. The summed E-state index contributed by atoms with van der Waals surface area (Å²) in [5.74, 6) is 0.0331. The largest absolute Gasteiger partial charge is 0.396 e. The average molecular weight is 272 g/mol. The quantitative estimate of drug-likeness (QED) is 0.915. The summed E-state index contributed by atoms with van der Waals surface area (Å²) in [4.78, 5) is 16.9. The van der Waals surface area contributed by atoms with Crippen LogP contribution in [0.2, 0.25) is 0 Å². The Bertz CT molecular complexity index is 704. The highest BCUT2D eigenvalue weighted by atomic mass is 16.3. The van der Waals surface area contributed by atoms with E-state index in [9.17, 15) is 4.79 Å². The van der Waals surface area contributed by atoms with Crippen molar-refractivity contribution in [2.45, 2.75) is 13.3 Å². The molecule has 0 aliphatic carbocycles. The van der Waals surface area contributed by atoms with Crippen molar-refractivity contribution in [3.05, 3.63) is 24.3 Å². The molecule has 0 radical (unpaired) electrons. The number of hydrogen-bond donors (Lipinski definition) is 1. The number of hydrogen-bond acceptors (Lipinski definition) is 4. The number of amides is 1. The van der Waals surface area contributed by atoms with Gasteiger partial charge < -0.3 is 9.67 Å². The van der Waals surface area contributed by atoms with E-state index >= 15 is 0 Å². The maximum absolute atomic E-state index is 12.4. The number of para-hydroxylation sites is 2. The number of anilines is 1. The van der Waals surface area contributed by atoms with Crippen LogP contribution in [0.3, 0.4) is 0 Å². The minimum Gasteiger partial charge on any atom is -0.396 e. The lowest BCUT2D eigenvalue weighted by Gasteiger charge is -2.12. The van der Waals surface area contributed by atoms with Crippen LogP contribution in [0, 0.1) is 5.92 Å². The number of hydrazone groups is 1. The molecule has 1 unspecified atom stereocenters. The smallest absolute Gasteiger partial charge is 0.258 e. The number of carbonyl (C=O) groups is 1. The first-order valence-corrected chi connectivity index (χ1v) is 6.55. The first-order chi connectivity index (χ1) is 9.63. The molecule has 6 heteroatoms. The molecule has 1 amide bonds. The predicted molar refractivity (Wildman–Crippen MR) is 76.5 cm³/mol. The molecule has 0 saturated carbocycles. The summed E-state index contributed by atoms with van der Waals surface area (Å²) >= 11 is 0. The third-order valence-corrected chi connectivity index (χ3v) is 3.64. The lowest BCUT2D eigenvalue weighted by atomic mass is 10.0. The van der Waals surface area contributed by atoms with Crippen molar-refractivity contribution < 1.29 is 9.90 Å². The number of benzene rings is 1. The van der Waals surface area contributed by atoms with E-state index in [1.54, 1.807) is 6.92 Å². The molecular formula is C14H16N4O2. The van der Waals surface area contributed by atoms with Crippen LogP contribution in [0.1, 0.15) is 13.3 Å². The molecule has 2 heterocycles. The number of aryl methyl sites for hydroxylation is 1. The van der Waals surface area contributed by atoms with Crippen molar-refractivity contribution in [2.24, 2.45) is 18.1 Å². The molecule has 6 nitrogen and oxygen atoms in total. The fraction of sp³-hybridized carbons (Fsp3) is 0.357. The van der Waals surface area contributed by atoms with Gasteiger partial charge in [-0.3, -0.25) is 4.79 Å². The third-order valence-electron chi connectivity index (χ3n) is 3.64. The first kappa shape index (κ1) is 12.8. The van der Waals surface area contributed by atoms with E-state index in [-0.39, 0.29) is 18.4 Å². The summed E-state index contributed by atoms with van der Waals surface area (Å²) in [6, 6.07) is 7.70. The summed E-state index contributed by atoms with van der Waals surface area (Å²) < 4.78 is 1.85. The van der Waals surface area contributed by atoms with Crippen LogP contribution >= 0.6 is 0 Å². The molecule has 3 rings (SSSR count). The first-order valence-electron chi connectivity index (χ1n) is 6.55. The zero-order valence-electron chi connectivity index (χ0n) is 11.4. The average Bonchev–Trinajstić information content (AvgIpc) is 2.92. The summed E-state index contributed by atoms with van der Waals surface area (Å²) in [7, 11) is 1.86. The van der Waals surface area contributed by atoms with Gasteiger partial charge in [0.1, 0.15) is 0 Å². The Morgan fingerprint density at radius 3 is 2.80 bits per heavy atom. The van der Waals surface area contributed by atoms with Gasteiger partial charge in [0.05, 0.1) is 17.0 Å². The van der Waals surface area contributed by atoms with Gasteiger partial charge in [-0.25, -0.2) is 4.98 Å². The zero-order valence-corrected chi connectivity index (χ0v) is 11.4. The minimum atomic E-state index is -0.347. The van der Waals surface area contributed by atoms with Crippen molar-refractivity contribution in [1.29, 1.82) is 0 Å². The fourth-order valence-corrected chi connectivity index (χ4v) is 2.53. The number of fused-ring (bicyclic) bond motifs is 1. The highest BCUT2D eigenvalue weighted by molar-refractivity contribution is 6.14. The van der Waals surface area contributed by atoms with Gasteiger partial charge in [-0.1, -0.05) is 12.1 Å². The molecule has 0 saturated heterocycles. The van der Waals surface area contributed by atoms with E-state index in [1.807, 2.05) is 35.9 Å². The molecule has 0 spiro atoms. The standard InChI is InChI=1S/C14H16N4O2/c1-9-10(7-8-19)13(20)18(16-9)14-15-11-5-3-4-6-12(11)17(14)2/h3-6,10,19H,7-8H2,1-2H3. The van der Waals surface area contributed by atoms with E-state index in [1.165, 1.54) is 5.01 Å². The van der Waals surface area contributed by atoms with Crippen LogP contribution in [0.15, 0.2) is 29.4 Å². The van der Waals surface area contributed by atoms with Gasteiger partial charge in [0.2, 0.25) is 5.95 Å². The van der Waals surface area contributed by atoms with Crippen LogP contribution in [0.5, 0.6) is 0 Å². The van der Waals surface area contributed by atoms with Gasteiger partial charge >= 0.3 is 0 Å². The van der Waals surface area contributed by atoms with Crippen molar-refractivity contribution >= 4 is 28.6 Å². The maximum atomic E-state index is 12.4. The Labute approximate surface area is 116 Å². The number of carbonyl (C=O) groups excluding carboxylic acids is 1. The van der Waals surface area contributed by atoms with Gasteiger partial charge in [0, 0.05) is 19.4 Å². The van der Waals surface area contributed by atoms with Crippen molar-refractivity contribution in [2.75, 3.05) is 11.6 Å². The Morgan fingerprint density at radius 2 is 2.10 bits per heavy atom. The lowest BCUT2D eigenvalue weighted by Crippen LogP contribution is -2.29. The van der Waals surface area contributed by atoms with E-state index in [0.717, 1.165) is 16.7 Å². The molecular weight excluding hydrogens is 256 g/mol. The van der Waals surface area contributed by atoms with Crippen LogP contribution in [0.25, 0.3) is 11.0 Å². The van der Waals surface area contributed by atoms with Gasteiger partial charge in [0.25, 0.3) is 5.91 Å². The number of aliphatic hydroxyl groups excluding tert-OH is 1. The van der Waals surface area contributed by atoms with E-state index in [4.69, 9.17) is 5.11 Å². The van der Waals surface area contributed by atoms with Crippen LogP contribution in [-0.4, -0.2) is 32.9 Å². The second-order valence-corrected chi connectivity index (χ2v) is 4.92. The summed E-state index contributed by atoms with van der Waals surface area (Å²) in [6.45, 7) is 1.78. The lowest BCUT2D eigenvalue weighted by molar-refractivity contribution is -0.120. The van der Waals surface area contributed by atoms with Gasteiger partial charge in [-0.2, -0.15) is 10.1 Å². The van der Waals surface area contributed by atoms with E-state index in [0.29, 0.717) is 12.4 Å². The molecule has 0 bridgehead atoms. The Hall–Kier alpha value is -2.21. The van der Waals surface area contributed by atoms with Gasteiger partial charge in [-0.15, -0.1) is 0 Å². The van der Waals surface area contributed by atoms with Crippen molar-refractivity contribution in [3.8, 4) is 0 Å². The van der Waals surface area contributed by atoms with E-state index in [2.05, 4.69) is 10.1 Å². The maximum Gasteiger partial charge on any atom is 0.258 e. The van der Waals surface area contributed by atoms with Crippen molar-refractivity contribution in [1.82, 2.24) is 9.55 Å². The minimum absolute atomic E-state index is 0.0281. The normalized spacial score (nSPS) is 18.9. The molecule has 1 aromatic heterocycles. The fourth-order valence-electron chi connectivity index (χ4n) is 2.53. The Balaban J connectivity index is 2.04. The van der Waals surface area contributed by atoms with Crippen LogP contribution in [0.4, 0.5) is 5.95 Å². The second kappa shape index (κ2) is 4.72. The number of imidazole rings is 1. The number of aromatic nitrogens is 2. The Kier molecular flexibility index (Phi) is 3.02. The molecule has 2 aromatic rings. The molecule has 1 aromatic carbocycles. The van der Waals surface area contributed by atoms with Gasteiger partial charge in [-0.05, 0) is 25.5 Å². The molecule has 1 atom stereocenters. The summed E-state index contributed by atoms with van der Waals surface area (Å²) in [6.07, 6.45) is 0.397. The second-order valence-electron chi connectivity index (χ2n) is 4.92. The van der Waals surface area contributed by atoms with Crippen molar-refractivity contribution in [3.63, 3.8) is 0 Å². The number of aliphatic hydroxyl groups is 1. The van der Waals surface area contributed by atoms with E-state index < -0.39 is 0 Å². The SMILES string of the molecule is CC1=NN(c2nc3ccccc3n2C)C(=O)C1CCO. The molecule has 20 heavy (non-hydrogen) atoms. The Morgan fingerprint density at radius 1 is 1.35 bits per heavy atom. The predicted octanol–water partition coefficient (Wildman–Crippen LogP) is 1.29. The van der Waals surface area contributed by atoms with Gasteiger partial charge in [0.15, 0.2) is 0 Å². The number of nitrogens with zero attached hydrogens (tertiary/aromatic N) is 4.